The quantitative estimate of drug-likeness (QED) is 0.638. The maximum atomic E-state index is 13.2. The summed E-state index contributed by atoms with van der Waals surface area (Å²) in [7, 11) is 0. The lowest BCUT2D eigenvalue weighted by Crippen LogP contribution is -2.41. The number of fused-ring (bicyclic) bond motifs is 2. The summed E-state index contributed by atoms with van der Waals surface area (Å²) in [6.45, 7) is 4.57. The van der Waals surface area contributed by atoms with Crippen molar-refractivity contribution in [1.29, 1.82) is 0 Å². The lowest BCUT2D eigenvalue weighted by atomic mass is 10.2. The fraction of sp³-hybridized carbons (Fsp3) is 0.333. The van der Waals surface area contributed by atoms with Crippen LogP contribution < -0.4 is 0 Å². The number of hydrogen-bond donors (Lipinski definition) is 0. The highest BCUT2D eigenvalue weighted by Crippen LogP contribution is 2.27. The Morgan fingerprint density at radius 1 is 1.17 bits per heavy atom. The molecule has 0 saturated heterocycles. The molecular weight excluding hydrogens is 368 g/mol. The van der Waals surface area contributed by atoms with E-state index in [0.29, 0.717) is 31.9 Å². The van der Waals surface area contributed by atoms with Crippen molar-refractivity contribution in [1.82, 2.24) is 28.7 Å². The summed E-state index contributed by atoms with van der Waals surface area (Å²) in [6.07, 6.45) is 9.71. The summed E-state index contributed by atoms with van der Waals surface area (Å²) >= 11 is 0. The van der Waals surface area contributed by atoms with Crippen LogP contribution in [0.5, 0.6) is 0 Å². The molecular formula is C21H22N6O2. The van der Waals surface area contributed by atoms with Gasteiger partial charge < -0.3 is 14.4 Å². The molecule has 5 rings (SSSR count). The molecule has 0 aromatic carbocycles. The van der Waals surface area contributed by atoms with Crippen LogP contribution in [0.15, 0.2) is 48.9 Å². The third-order valence-electron chi connectivity index (χ3n) is 5.68. The van der Waals surface area contributed by atoms with Crippen LogP contribution in [0.4, 0.5) is 0 Å². The topological polar surface area (TPSA) is 75.7 Å². The van der Waals surface area contributed by atoms with Gasteiger partial charge in [0.15, 0.2) is 0 Å². The van der Waals surface area contributed by atoms with Crippen molar-refractivity contribution in [3.05, 3.63) is 66.2 Å². The molecule has 0 spiro atoms. The van der Waals surface area contributed by atoms with Crippen molar-refractivity contribution in [2.75, 3.05) is 19.6 Å². The first-order chi connectivity index (χ1) is 14.1. The Morgan fingerprint density at radius 2 is 2.00 bits per heavy atom. The summed E-state index contributed by atoms with van der Waals surface area (Å²) in [5.41, 5.74) is 2.05. The molecule has 0 N–H and O–H groups in total. The summed E-state index contributed by atoms with van der Waals surface area (Å²) in [6, 6.07) is 5.49. The predicted molar refractivity (Wildman–Crippen MR) is 106 cm³/mol. The van der Waals surface area contributed by atoms with Crippen molar-refractivity contribution in [2.45, 2.75) is 25.9 Å². The van der Waals surface area contributed by atoms with Crippen LogP contribution >= 0.6 is 0 Å². The second-order valence-corrected chi connectivity index (χ2v) is 7.48. The number of nitrogens with zero attached hydrogens (tertiary/aromatic N) is 6. The van der Waals surface area contributed by atoms with Gasteiger partial charge in [0.2, 0.25) is 5.91 Å². The number of hydrogen-bond acceptors (Lipinski definition) is 4. The Labute approximate surface area is 168 Å². The monoisotopic (exact) mass is 390 g/mol. The molecule has 0 bridgehead atoms. The summed E-state index contributed by atoms with van der Waals surface area (Å²) in [5.74, 6) is 0.837. The normalized spacial score (nSPS) is 18.4. The molecule has 0 unspecified atom stereocenters. The van der Waals surface area contributed by atoms with E-state index < -0.39 is 0 Å². The van der Waals surface area contributed by atoms with Crippen LogP contribution in [0.3, 0.4) is 0 Å². The van der Waals surface area contributed by atoms with Crippen LogP contribution in [0, 0.1) is 0 Å². The first-order valence-corrected chi connectivity index (χ1v) is 9.83. The molecule has 3 aromatic heterocycles. The second kappa shape index (κ2) is 6.88. The van der Waals surface area contributed by atoms with Crippen LogP contribution in [0.1, 0.15) is 35.0 Å². The number of carbonyl (C=O) groups excluding carboxylic acids is 2. The van der Waals surface area contributed by atoms with Gasteiger partial charge in [0, 0.05) is 38.6 Å². The van der Waals surface area contributed by atoms with Crippen molar-refractivity contribution in [3.63, 3.8) is 0 Å². The lowest BCUT2D eigenvalue weighted by Gasteiger charge is -2.33. The SMILES string of the molecule is C[C@@H]1c2nc(CC(=O)N3CC=CC3)cn2CCN1C(=O)c1cnc2ccccn12. The third-order valence-corrected chi connectivity index (χ3v) is 5.68. The smallest absolute Gasteiger partial charge is 0.273 e. The fourth-order valence-corrected chi connectivity index (χ4v) is 4.10. The molecule has 1 atom stereocenters. The Bertz CT molecular complexity index is 1120. The van der Waals surface area contributed by atoms with Gasteiger partial charge in [-0.25, -0.2) is 9.97 Å². The van der Waals surface area contributed by atoms with Gasteiger partial charge in [-0.05, 0) is 19.1 Å². The number of imidazole rings is 2. The van der Waals surface area contributed by atoms with E-state index in [1.54, 1.807) is 6.20 Å². The van der Waals surface area contributed by atoms with Gasteiger partial charge in [0.1, 0.15) is 17.2 Å². The van der Waals surface area contributed by atoms with Gasteiger partial charge in [0.25, 0.3) is 5.91 Å². The molecule has 8 heteroatoms. The average Bonchev–Trinajstić information content (AvgIpc) is 3.47. The van der Waals surface area contributed by atoms with Crippen molar-refractivity contribution < 1.29 is 9.59 Å². The number of pyridine rings is 1. The molecule has 0 aliphatic carbocycles. The van der Waals surface area contributed by atoms with E-state index in [9.17, 15) is 9.59 Å². The second-order valence-electron chi connectivity index (χ2n) is 7.48. The minimum Gasteiger partial charge on any atom is -0.335 e. The van der Waals surface area contributed by atoms with E-state index in [1.165, 1.54) is 0 Å². The lowest BCUT2D eigenvalue weighted by molar-refractivity contribution is -0.129. The highest BCUT2D eigenvalue weighted by molar-refractivity contribution is 5.93. The van der Waals surface area contributed by atoms with Crippen LogP contribution in [-0.2, 0) is 17.8 Å². The van der Waals surface area contributed by atoms with Crippen molar-refractivity contribution in [2.24, 2.45) is 0 Å². The van der Waals surface area contributed by atoms with Gasteiger partial charge in [-0.2, -0.15) is 0 Å². The summed E-state index contributed by atoms with van der Waals surface area (Å²) < 4.78 is 3.87. The van der Waals surface area contributed by atoms with Crippen LogP contribution in [-0.4, -0.2) is 60.2 Å². The molecule has 5 heterocycles. The molecule has 8 nitrogen and oxygen atoms in total. The predicted octanol–water partition coefficient (Wildman–Crippen LogP) is 1.69. The van der Waals surface area contributed by atoms with Gasteiger partial charge in [0.05, 0.1) is 24.4 Å². The standard InChI is InChI=1S/C21H22N6O2/c1-15-20-23-16(12-19(28)24-7-4-5-8-24)14-25(20)10-11-26(15)21(29)17-13-22-18-6-2-3-9-27(17)18/h2-6,9,13-15H,7-8,10-12H2,1H3/t15-/m1/s1. The fourth-order valence-electron chi connectivity index (χ4n) is 4.10. The Balaban J connectivity index is 1.36. The maximum absolute atomic E-state index is 13.2. The molecule has 2 amide bonds. The summed E-state index contributed by atoms with van der Waals surface area (Å²) in [4.78, 5) is 38.3. The van der Waals surface area contributed by atoms with E-state index in [1.807, 2.05) is 63.9 Å². The van der Waals surface area contributed by atoms with E-state index in [2.05, 4.69) is 9.55 Å². The number of aromatic nitrogens is 4. The minimum absolute atomic E-state index is 0.0637. The van der Waals surface area contributed by atoms with Gasteiger partial charge in [-0.3, -0.25) is 14.0 Å². The van der Waals surface area contributed by atoms with Crippen molar-refractivity contribution in [3.8, 4) is 0 Å². The van der Waals surface area contributed by atoms with E-state index in [4.69, 9.17) is 4.98 Å². The molecule has 2 aliphatic rings. The molecule has 2 aliphatic heterocycles. The molecule has 29 heavy (non-hydrogen) atoms. The zero-order valence-corrected chi connectivity index (χ0v) is 16.2. The van der Waals surface area contributed by atoms with Gasteiger partial charge in [-0.15, -0.1) is 0 Å². The largest absolute Gasteiger partial charge is 0.335 e. The molecule has 0 saturated carbocycles. The average molecular weight is 390 g/mol. The molecule has 3 aromatic rings. The highest BCUT2D eigenvalue weighted by atomic mass is 16.2. The number of rotatable bonds is 3. The highest BCUT2D eigenvalue weighted by Gasteiger charge is 2.32. The van der Waals surface area contributed by atoms with E-state index >= 15 is 0 Å². The maximum Gasteiger partial charge on any atom is 0.273 e. The number of amides is 2. The first-order valence-electron chi connectivity index (χ1n) is 9.83. The Hall–Kier alpha value is -3.42. The molecule has 0 radical (unpaired) electrons. The van der Waals surface area contributed by atoms with Crippen LogP contribution in [0.2, 0.25) is 0 Å². The van der Waals surface area contributed by atoms with Crippen LogP contribution in [0.25, 0.3) is 5.65 Å². The first kappa shape index (κ1) is 17.7. The van der Waals surface area contributed by atoms with E-state index in [0.717, 1.165) is 17.2 Å². The zero-order valence-electron chi connectivity index (χ0n) is 16.2. The summed E-state index contributed by atoms with van der Waals surface area (Å²) in [5, 5.41) is 0. The Kier molecular flexibility index (Phi) is 4.19. The zero-order chi connectivity index (χ0) is 20.0. The minimum atomic E-state index is -0.178. The third kappa shape index (κ3) is 3.00. The van der Waals surface area contributed by atoms with E-state index in [-0.39, 0.29) is 24.3 Å². The molecule has 0 fully saturated rings. The molecule has 148 valence electrons. The van der Waals surface area contributed by atoms with Gasteiger partial charge >= 0.3 is 0 Å². The Morgan fingerprint density at radius 3 is 2.83 bits per heavy atom. The van der Waals surface area contributed by atoms with Crippen molar-refractivity contribution >= 4 is 17.5 Å². The number of carbonyl (C=O) groups is 2. The van der Waals surface area contributed by atoms with Gasteiger partial charge in [-0.1, -0.05) is 18.2 Å².